The first-order chi connectivity index (χ1) is 13.7. The number of rotatable bonds is 9. The molecule has 0 saturated carbocycles. The number of carboxylic acids is 1. The van der Waals surface area contributed by atoms with Crippen LogP contribution < -0.4 is 9.64 Å². The van der Waals surface area contributed by atoms with Gasteiger partial charge in [0.1, 0.15) is 5.75 Å². The Labute approximate surface area is 176 Å². The monoisotopic (exact) mass is 419 g/mol. The Morgan fingerprint density at radius 3 is 2.45 bits per heavy atom. The number of carboxylic acid groups (broad SMARTS) is 1. The van der Waals surface area contributed by atoms with Crippen molar-refractivity contribution in [1.82, 2.24) is 0 Å². The van der Waals surface area contributed by atoms with E-state index in [2.05, 4.69) is 0 Å². The van der Waals surface area contributed by atoms with Crippen molar-refractivity contribution < 1.29 is 24.2 Å². The first-order valence-electron chi connectivity index (χ1n) is 9.29. The van der Waals surface area contributed by atoms with Gasteiger partial charge in [-0.1, -0.05) is 29.8 Å². The van der Waals surface area contributed by atoms with E-state index < -0.39 is 17.7 Å². The van der Waals surface area contributed by atoms with Crippen molar-refractivity contribution in [3.05, 3.63) is 59.1 Å². The molecule has 0 saturated heterocycles. The molecule has 0 aliphatic heterocycles. The lowest BCUT2D eigenvalue weighted by Gasteiger charge is -2.32. The third-order valence-corrected chi connectivity index (χ3v) is 4.68. The number of carbonyl (C=O) groups is 2. The zero-order chi connectivity index (χ0) is 21.6. The highest BCUT2D eigenvalue weighted by atomic mass is 35.5. The Balaban J connectivity index is 2.20. The first-order valence-corrected chi connectivity index (χ1v) is 9.66. The van der Waals surface area contributed by atoms with Crippen molar-refractivity contribution in [3.63, 3.8) is 0 Å². The van der Waals surface area contributed by atoms with Gasteiger partial charge in [-0.05, 0) is 56.7 Å². The number of nitrogens with zero attached hydrogens (tertiary/aromatic N) is 1. The summed E-state index contributed by atoms with van der Waals surface area (Å²) >= 11 is 6.07. The van der Waals surface area contributed by atoms with Gasteiger partial charge in [-0.15, -0.1) is 0 Å². The van der Waals surface area contributed by atoms with Crippen LogP contribution in [-0.2, 0) is 20.7 Å². The zero-order valence-electron chi connectivity index (χ0n) is 17.0. The molecule has 0 aliphatic rings. The number of carbonyl (C=O) groups excluding carboxylic acids is 1. The molecule has 29 heavy (non-hydrogen) atoms. The van der Waals surface area contributed by atoms with Crippen LogP contribution in [0.5, 0.6) is 5.75 Å². The molecule has 1 N–H and O–H groups in total. The lowest BCUT2D eigenvalue weighted by Crippen LogP contribution is -2.49. The van der Waals surface area contributed by atoms with Gasteiger partial charge in [0.25, 0.3) is 5.91 Å². The van der Waals surface area contributed by atoms with E-state index in [1.54, 1.807) is 61.2 Å². The van der Waals surface area contributed by atoms with Crippen LogP contribution in [-0.4, -0.2) is 42.3 Å². The van der Waals surface area contributed by atoms with Crippen LogP contribution in [0.15, 0.2) is 48.5 Å². The van der Waals surface area contributed by atoms with E-state index in [1.807, 2.05) is 13.0 Å². The summed E-state index contributed by atoms with van der Waals surface area (Å²) in [5.41, 5.74) is 0.284. The quantitative estimate of drug-likeness (QED) is 0.659. The van der Waals surface area contributed by atoms with E-state index >= 15 is 0 Å². The second-order valence-corrected chi connectivity index (χ2v) is 7.49. The van der Waals surface area contributed by atoms with Crippen molar-refractivity contribution in [2.45, 2.75) is 38.9 Å². The van der Waals surface area contributed by atoms with E-state index in [1.165, 1.54) is 7.11 Å². The summed E-state index contributed by atoms with van der Waals surface area (Å²) in [6.07, 6.45) is -0.751. The molecule has 7 heteroatoms. The predicted molar refractivity (Wildman–Crippen MR) is 113 cm³/mol. The van der Waals surface area contributed by atoms with Crippen LogP contribution in [0.3, 0.4) is 0 Å². The first kappa shape index (κ1) is 22.7. The van der Waals surface area contributed by atoms with Crippen LogP contribution >= 0.6 is 11.6 Å². The SMILES string of the molecule is CCN(C(=O)C(C)(C)Oc1cccc(C[C@H](OC)C(=O)O)c1)c1cccc(Cl)c1. The van der Waals surface area contributed by atoms with Gasteiger partial charge in [-0.3, -0.25) is 4.79 Å². The smallest absolute Gasteiger partial charge is 0.333 e. The Morgan fingerprint density at radius 1 is 1.17 bits per heavy atom. The number of ether oxygens (including phenoxy) is 2. The fourth-order valence-electron chi connectivity index (χ4n) is 2.97. The van der Waals surface area contributed by atoms with Gasteiger partial charge in [-0.25, -0.2) is 4.79 Å². The number of likely N-dealkylation sites (N-methyl/N-ethyl adjacent to an activating group) is 1. The number of amides is 1. The van der Waals surface area contributed by atoms with Gasteiger partial charge < -0.3 is 19.5 Å². The lowest BCUT2D eigenvalue weighted by atomic mass is 10.1. The maximum Gasteiger partial charge on any atom is 0.333 e. The standard InChI is InChI=1S/C22H26ClNO5/c1-5-24(17-10-7-9-16(23)14-17)21(27)22(2,3)29-18-11-6-8-15(12-18)13-19(28-4)20(25)26/h6-12,14,19H,5,13H2,1-4H3,(H,25,26)/t19-/m0/s1. The number of aliphatic carboxylic acids is 1. The third kappa shape index (κ3) is 5.95. The minimum Gasteiger partial charge on any atom is -0.479 e. The Bertz CT molecular complexity index is 868. The maximum atomic E-state index is 13.2. The summed E-state index contributed by atoms with van der Waals surface area (Å²) in [4.78, 5) is 26.0. The molecule has 0 radical (unpaired) electrons. The van der Waals surface area contributed by atoms with E-state index in [0.717, 1.165) is 5.56 Å². The molecule has 0 fully saturated rings. The summed E-state index contributed by atoms with van der Waals surface area (Å²) in [6.45, 7) is 5.74. The molecule has 2 aromatic carbocycles. The second kappa shape index (κ2) is 9.76. The van der Waals surface area contributed by atoms with Gasteiger partial charge in [0, 0.05) is 30.8 Å². The molecule has 2 rings (SSSR count). The van der Waals surface area contributed by atoms with Crippen molar-refractivity contribution in [2.24, 2.45) is 0 Å². The molecule has 0 bridgehead atoms. The van der Waals surface area contributed by atoms with Crippen molar-refractivity contribution in [1.29, 1.82) is 0 Å². The molecule has 0 aliphatic carbocycles. The molecule has 1 amide bonds. The molecule has 6 nitrogen and oxygen atoms in total. The average molecular weight is 420 g/mol. The van der Waals surface area contributed by atoms with Crippen LogP contribution in [0.1, 0.15) is 26.3 Å². The highest BCUT2D eigenvalue weighted by Gasteiger charge is 2.34. The summed E-state index contributed by atoms with van der Waals surface area (Å²) in [6, 6.07) is 14.1. The van der Waals surface area contributed by atoms with E-state index in [9.17, 15) is 9.59 Å². The van der Waals surface area contributed by atoms with E-state index in [4.69, 9.17) is 26.2 Å². The number of methoxy groups -OCH3 is 1. The van der Waals surface area contributed by atoms with Gasteiger partial charge in [0.2, 0.25) is 0 Å². The highest BCUT2D eigenvalue weighted by molar-refractivity contribution is 6.30. The van der Waals surface area contributed by atoms with Crippen molar-refractivity contribution in [2.75, 3.05) is 18.6 Å². The molecule has 156 valence electrons. The fourth-order valence-corrected chi connectivity index (χ4v) is 3.16. The van der Waals surface area contributed by atoms with Gasteiger partial charge in [0.15, 0.2) is 11.7 Å². The van der Waals surface area contributed by atoms with Gasteiger partial charge >= 0.3 is 5.97 Å². The van der Waals surface area contributed by atoms with Crippen molar-refractivity contribution >= 4 is 29.2 Å². The predicted octanol–water partition coefficient (Wildman–Crippen LogP) is 4.19. The number of benzene rings is 2. The van der Waals surface area contributed by atoms with Crippen molar-refractivity contribution in [3.8, 4) is 5.75 Å². The normalized spacial score (nSPS) is 12.3. The topological polar surface area (TPSA) is 76.1 Å². The second-order valence-electron chi connectivity index (χ2n) is 7.06. The molecule has 0 unspecified atom stereocenters. The largest absolute Gasteiger partial charge is 0.479 e. The number of hydrogen-bond acceptors (Lipinski definition) is 4. The minimum atomic E-state index is -1.15. The molecule has 2 aromatic rings. The maximum absolute atomic E-state index is 13.2. The fraction of sp³-hybridized carbons (Fsp3) is 0.364. The Morgan fingerprint density at radius 2 is 1.86 bits per heavy atom. The summed E-state index contributed by atoms with van der Waals surface area (Å²) in [5.74, 6) is -0.773. The van der Waals surface area contributed by atoms with E-state index in [0.29, 0.717) is 23.0 Å². The summed E-state index contributed by atoms with van der Waals surface area (Å²) in [7, 11) is 1.36. The van der Waals surface area contributed by atoms with Crippen LogP contribution in [0.2, 0.25) is 5.02 Å². The molecule has 0 spiro atoms. The van der Waals surface area contributed by atoms with Crippen LogP contribution in [0.25, 0.3) is 0 Å². The third-order valence-electron chi connectivity index (χ3n) is 4.45. The number of hydrogen-bond donors (Lipinski definition) is 1. The number of halogens is 1. The lowest BCUT2D eigenvalue weighted by molar-refractivity contribution is -0.148. The summed E-state index contributed by atoms with van der Waals surface area (Å²) < 4.78 is 11.0. The molecular formula is C22H26ClNO5. The zero-order valence-corrected chi connectivity index (χ0v) is 17.8. The molecule has 0 heterocycles. The molecule has 0 aromatic heterocycles. The Kier molecular flexibility index (Phi) is 7.65. The van der Waals surface area contributed by atoms with Gasteiger partial charge in [0.05, 0.1) is 0 Å². The van der Waals surface area contributed by atoms with Gasteiger partial charge in [-0.2, -0.15) is 0 Å². The highest BCUT2D eigenvalue weighted by Crippen LogP contribution is 2.26. The molecule has 1 atom stereocenters. The molecular weight excluding hydrogens is 394 g/mol. The van der Waals surface area contributed by atoms with Crippen LogP contribution in [0, 0.1) is 0 Å². The average Bonchev–Trinajstić information content (AvgIpc) is 2.66. The summed E-state index contributed by atoms with van der Waals surface area (Å²) in [5, 5.41) is 9.71. The Hall–Kier alpha value is -2.57. The van der Waals surface area contributed by atoms with Crippen LogP contribution in [0.4, 0.5) is 5.69 Å². The number of anilines is 1. The van der Waals surface area contributed by atoms with E-state index in [-0.39, 0.29) is 12.3 Å². The minimum absolute atomic E-state index is 0.195.